The number of carbonyl (C=O) groups excluding carboxylic acids is 1. The second-order valence-corrected chi connectivity index (χ2v) is 5.92. The minimum Gasteiger partial charge on any atom is -0.438 e. The Balaban J connectivity index is 1.76. The quantitative estimate of drug-likeness (QED) is 0.591. The smallest absolute Gasteiger partial charge is 0.421 e. The summed E-state index contributed by atoms with van der Waals surface area (Å²) in [5.41, 5.74) is -0.426. The zero-order valence-electron chi connectivity index (χ0n) is 14.5. The van der Waals surface area contributed by atoms with E-state index in [0.717, 1.165) is 6.07 Å². The number of hydrogen-bond acceptors (Lipinski definition) is 3. The molecular formula is C20H14F4N2O2. The zero-order valence-corrected chi connectivity index (χ0v) is 14.5. The molecule has 0 aliphatic heterocycles. The minimum absolute atomic E-state index is 0.103. The molecule has 0 fully saturated rings. The van der Waals surface area contributed by atoms with Gasteiger partial charge in [0.1, 0.15) is 17.1 Å². The van der Waals surface area contributed by atoms with Crippen LogP contribution in [0.2, 0.25) is 0 Å². The number of carbonyl (C=O) groups is 1. The van der Waals surface area contributed by atoms with Crippen LogP contribution in [-0.4, -0.2) is 10.9 Å². The van der Waals surface area contributed by atoms with E-state index in [4.69, 9.17) is 4.74 Å². The predicted molar refractivity (Wildman–Crippen MR) is 94.8 cm³/mol. The number of nitrogens with zero attached hydrogens (tertiary/aromatic N) is 1. The molecule has 144 valence electrons. The third-order valence-electron chi connectivity index (χ3n) is 3.74. The first-order valence-corrected chi connectivity index (χ1v) is 8.11. The van der Waals surface area contributed by atoms with Gasteiger partial charge in [0.05, 0.1) is 5.56 Å². The molecule has 3 rings (SSSR count). The van der Waals surface area contributed by atoms with E-state index in [1.54, 1.807) is 0 Å². The largest absolute Gasteiger partial charge is 0.438 e. The number of alkyl halides is 3. The number of aryl methyl sites for hydroxylation is 1. The highest BCUT2D eigenvalue weighted by molar-refractivity contribution is 6.04. The number of halogens is 4. The van der Waals surface area contributed by atoms with Crippen LogP contribution >= 0.6 is 0 Å². The Labute approximate surface area is 157 Å². The van der Waals surface area contributed by atoms with Crippen molar-refractivity contribution in [1.82, 2.24) is 4.98 Å². The molecule has 3 aromatic rings. The highest BCUT2D eigenvalue weighted by Crippen LogP contribution is 2.37. The lowest BCUT2D eigenvalue weighted by Gasteiger charge is -2.13. The van der Waals surface area contributed by atoms with Gasteiger partial charge < -0.3 is 10.1 Å². The third kappa shape index (κ3) is 4.46. The normalized spacial score (nSPS) is 11.2. The minimum atomic E-state index is -4.61. The van der Waals surface area contributed by atoms with Crippen LogP contribution in [0.4, 0.5) is 23.2 Å². The molecule has 1 N–H and O–H groups in total. The molecule has 0 aliphatic carbocycles. The van der Waals surface area contributed by atoms with Crippen molar-refractivity contribution in [3.8, 4) is 11.6 Å². The van der Waals surface area contributed by atoms with Crippen molar-refractivity contribution in [1.29, 1.82) is 0 Å². The number of pyridine rings is 1. The van der Waals surface area contributed by atoms with Gasteiger partial charge in [-0.1, -0.05) is 12.1 Å². The van der Waals surface area contributed by atoms with Gasteiger partial charge >= 0.3 is 6.18 Å². The topological polar surface area (TPSA) is 51.2 Å². The van der Waals surface area contributed by atoms with Crippen molar-refractivity contribution in [2.75, 3.05) is 5.32 Å². The number of hydrogen-bond donors (Lipinski definition) is 1. The first-order valence-electron chi connectivity index (χ1n) is 8.11. The summed E-state index contributed by atoms with van der Waals surface area (Å²) in [6, 6.07) is 12.0. The first kappa shape index (κ1) is 19.3. The van der Waals surface area contributed by atoms with Crippen molar-refractivity contribution in [3.63, 3.8) is 0 Å². The molecule has 0 saturated heterocycles. The summed E-state index contributed by atoms with van der Waals surface area (Å²) < 4.78 is 58.3. The van der Waals surface area contributed by atoms with Crippen LogP contribution in [0, 0.1) is 12.7 Å². The van der Waals surface area contributed by atoms with E-state index in [1.165, 1.54) is 61.7 Å². The average molecular weight is 390 g/mol. The molecule has 28 heavy (non-hydrogen) atoms. The maximum Gasteiger partial charge on any atom is 0.421 e. The van der Waals surface area contributed by atoms with E-state index in [1.807, 2.05) is 0 Å². The Morgan fingerprint density at radius 2 is 1.75 bits per heavy atom. The van der Waals surface area contributed by atoms with E-state index in [-0.39, 0.29) is 11.3 Å². The molecule has 0 saturated carbocycles. The molecule has 0 radical (unpaired) electrons. The zero-order chi connectivity index (χ0) is 20.3. The number of aromatic nitrogens is 1. The Hall–Kier alpha value is -3.42. The summed E-state index contributed by atoms with van der Waals surface area (Å²) in [5.74, 6) is -1.77. The molecule has 0 aliphatic rings. The lowest BCUT2D eigenvalue weighted by atomic mass is 10.2. The van der Waals surface area contributed by atoms with Gasteiger partial charge in [0.25, 0.3) is 5.91 Å². The van der Waals surface area contributed by atoms with E-state index < -0.39 is 29.3 Å². The van der Waals surface area contributed by atoms with Gasteiger partial charge in [0, 0.05) is 11.9 Å². The highest BCUT2D eigenvalue weighted by Gasteiger charge is 2.35. The number of benzene rings is 2. The van der Waals surface area contributed by atoms with Crippen LogP contribution in [0.3, 0.4) is 0 Å². The number of anilines is 1. The van der Waals surface area contributed by atoms with Crippen LogP contribution in [0.15, 0.2) is 60.8 Å². The summed E-state index contributed by atoms with van der Waals surface area (Å²) in [6.07, 6.45) is -3.34. The second kappa shape index (κ2) is 7.67. The van der Waals surface area contributed by atoms with E-state index in [2.05, 4.69) is 10.3 Å². The van der Waals surface area contributed by atoms with Gasteiger partial charge in [0.15, 0.2) is 0 Å². The van der Waals surface area contributed by atoms with E-state index in [0.29, 0.717) is 11.3 Å². The monoisotopic (exact) mass is 390 g/mol. The van der Waals surface area contributed by atoms with Crippen molar-refractivity contribution in [2.45, 2.75) is 13.1 Å². The van der Waals surface area contributed by atoms with Crippen LogP contribution in [0.5, 0.6) is 11.6 Å². The third-order valence-corrected chi connectivity index (χ3v) is 3.74. The maximum absolute atomic E-state index is 13.6. The first-order chi connectivity index (χ1) is 13.2. The molecule has 8 heteroatoms. The summed E-state index contributed by atoms with van der Waals surface area (Å²) in [5, 5.41) is 2.50. The molecule has 4 nitrogen and oxygen atoms in total. The van der Waals surface area contributed by atoms with Crippen molar-refractivity contribution in [3.05, 3.63) is 83.3 Å². The van der Waals surface area contributed by atoms with Gasteiger partial charge in [-0.25, -0.2) is 9.37 Å². The highest BCUT2D eigenvalue weighted by atomic mass is 19.4. The maximum atomic E-state index is 13.6. The van der Waals surface area contributed by atoms with Crippen molar-refractivity contribution < 1.29 is 27.1 Å². The summed E-state index contributed by atoms with van der Waals surface area (Å²) >= 11 is 0. The molecule has 2 aromatic carbocycles. The van der Waals surface area contributed by atoms with Crippen LogP contribution < -0.4 is 10.1 Å². The van der Waals surface area contributed by atoms with Crippen LogP contribution in [0.25, 0.3) is 0 Å². The van der Waals surface area contributed by atoms with Crippen molar-refractivity contribution in [2.24, 2.45) is 0 Å². The second-order valence-electron chi connectivity index (χ2n) is 5.92. The number of nitrogens with one attached hydrogen (secondary N) is 1. The summed E-state index contributed by atoms with van der Waals surface area (Å²) in [4.78, 5) is 15.8. The lowest BCUT2D eigenvalue weighted by Crippen LogP contribution is -2.13. The molecular weight excluding hydrogens is 376 g/mol. The lowest BCUT2D eigenvalue weighted by molar-refractivity contribution is -0.138. The van der Waals surface area contributed by atoms with Gasteiger partial charge in [-0.15, -0.1) is 0 Å². The SMILES string of the molecule is Cc1cnc(Oc2ccc(NC(=O)c3ccccc3F)cc2)c(C(F)(F)F)c1. The fourth-order valence-corrected chi connectivity index (χ4v) is 2.40. The Kier molecular flexibility index (Phi) is 5.30. The number of rotatable bonds is 4. The fraction of sp³-hybridized carbons (Fsp3) is 0.100. The molecule has 0 atom stereocenters. The molecule has 1 amide bonds. The predicted octanol–water partition coefficient (Wildman–Crippen LogP) is 5.59. The number of amides is 1. The Morgan fingerprint density at radius 1 is 1.07 bits per heavy atom. The standard InChI is InChI=1S/C20H14F4N2O2/c1-12-10-16(20(22,23)24)19(25-11-12)28-14-8-6-13(7-9-14)26-18(27)15-4-2-3-5-17(15)21/h2-11H,1H3,(H,26,27). The Morgan fingerprint density at radius 3 is 2.39 bits per heavy atom. The van der Waals surface area contributed by atoms with E-state index >= 15 is 0 Å². The molecule has 0 spiro atoms. The molecule has 1 heterocycles. The molecule has 0 bridgehead atoms. The van der Waals surface area contributed by atoms with E-state index in [9.17, 15) is 22.4 Å². The number of ether oxygens (including phenoxy) is 1. The van der Waals surface area contributed by atoms with Crippen LogP contribution in [0.1, 0.15) is 21.5 Å². The fourth-order valence-electron chi connectivity index (χ4n) is 2.40. The average Bonchev–Trinajstić information content (AvgIpc) is 2.64. The summed E-state index contributed by atoms with van der Waals surface area (Å²) in [6.45, 7) is 1.50. The van der Waals surface area contributed by atoms with Gasteiger partial charge in [-0.2, -0.15) is 13.2 Å². The van der Waals surface area contributed by atoms with Crippen molar-refractivity contribution >= 4 is 11.6 Å². The van der Waals surface area contributed by atoms with Gasteiger partial charge in [-0.3, -0.25) is 4.79 Å². The molecule has 1 aromatic heterocycles. The summed E-state index contributed by atoms with van der Waals surface area (Å²) in [7, 11) is 0. The van der Waals surface area contributed by atoms with Gasteiger partial charge in [0.2, 0.25) is 5.88 Å². The van der Waals surface area contributed by atoms with Crippen LogP contribution in [-0.2, 0) is 6.18 Å². The Bertz CT molecular complexity index is 1000. The molecule has 0 unspecified atom stereocenters. The van der Waals surface area contributed by atoms with Gasteiger partial charge in [-0.05, 0) is 55.0 Å².